The SMILES string of the molecule is O=C1c2ccc(Oc3ccc(C4(c5ccc(Oc6ccc7c(c6)C(=O)N(c6cccc8cc(O)ccc68)C7=O)cc5)c5ccccc5-c5ccccc54)cc3)cc2C(=O)N1c1cccc2cc(O)ccc12. The summed E-state index contributed by atoms with van der Waals surface area (Å²) in [7, 11) is 0. The minimum atomic E-state index is -0.751. The summed E-state index contributed by atoms with van der Waals surface area (Å²) in [6.45, 7) is 0. The second-order valence-electron chi connectivity index (χ2n) is 17.8. The van der Waals surface area contributed by atoms with Crippen molar-refractivity contribution in [2.24, 2.45) is 0 Å². The minimum absolute atomic E-state index is 0.0883. The lowest BCUT2D eigenvalue weighted by Gasteiger charge is -2.34. The zero-order chi connectivity index (χ0) is 48.1. The number of phenols is 2. The molecule has 0 saturated carbocycles. The number of benzene rings is 10. The molecule has 2 heterocycles. The van der Waals surface area contributed by atoms with Crippen molar-refractivity contribution in [2.45, 2.75) is 5.41 Å². The highest BCUT2D eigenvalue weighted by molar-refractivity contribution is 6.37. The van der Waals surface area contributed by atoms with Crippen molar-refractivity contribution < 1.29 is 38.9 Å². The number of rotatable bonds is 8. The first-order valence-electron chi connectivity index (χ1n) is 22.9. The third-order valence-electron chi connectivity index (χ3n) is 13.9. The number of carbonyl (C=O) groups excluding carboxylic acids is 4. The smallest absolute Gasteiger partial charge is 0.266 e. The maximum Gasteiger partial charge on any atom is 0.266 e. The second-order valence-corrected chi connectivity index (χ2v) is 17.8. The molecule has 10 aromatic carbocycles. The molecule has 0 unspecified atom stereocenters. The minimum Gasteiger partial charge on any atom is -0.508 e. The van der Waals surface area contributed by atoms with E-state index in [0.717, 1.165) is 33.4 Å². The fourth-order valence-corrected chi connectivity index (χ4v) is 10.7. The van der Waals surface area contributed by atoms with Gasteiger partial charge in [0.25, 0.3) is 23.6 Å². The number of nitrogens with zero attached hydrogens (tertiary/aromatic N) is 2. The topological polar surface area (TPSA) is 134 Å². The van der Waals surface area contributed by atoms with Gasteiger partial charge in [-0.1, -0.05) is 97.1 Å². The number of hydrogen-bond acceptors (Lipinski definition) is 8. The highest BCUT2D eigenvalue weighted by atomic mass is 16.5. The lowest BCUT2D eigenvalue weighted by atomic mass is 9.68. The van der Waals surface area contributed by atoms with Gasteiger partial charge in [0, 0.05) is 10.8 Å². The molecular weight excluding hydrogens is 889 g/mol. The second kappa shape index (κ2) is 15.6. The average Bonchev–Trinajstić information content (AvgIpc) is 3.93. The van der Waals surface area contributed by atoms with Crippen LogP contribution in [0.3, 0.4) is 0 Å². The van der Waals surface area contributed by atoms with Crippen LogP contribution in [0.15, 0.2) is 206 Å². The van der Waals surface area contributed by atoms with Crippen LogP contribution in [0.25, 0.3) is 32.7 Å². The quantitative estimate of drug-likeness (QED) is 0.144. The largest absolute Gasteiger partial charge is 0.508 e. The van der Waals surface area contributed by atoms with Crippen LogP contribution < -0.4 is 19.3 Å². The van der Waals surface area contributed by atoms with E-state index in [4.69, 9.17) is 9.47 Å². The zero-order valence-corrected chi connectivity index (χ0v) is 37.4. The number of imide groups is 2. The summed E-state index contributed by atoms with van der Waals surface area (Å²) in [4.78, 5) is 57.6. The lowest BCUT2D eigenvalue weighted by molar-refractivity contribution is 0.0910. The molecule has 338 valence electrons. The van der Waals surface area contributed by atoms with Crippen molar-refractivity contribution in [2.75, 3.05) is 9.80 Å². The predicted molar refractivity (Wildman–Crippen MR) is 270 cm³/mol. The monoisotopic (exact) mass is 924 g/mol. The number of hydrogen-bond donors (Lipinski definition) is 2. The van der Waals surface area contributed by atoms with Crippen LogP contribution in [0.1, 0.15) is 63.7 Å². The van der Waals surface area contributed by atoms with E-state index in [1.165, 1.54) is 21.9 Å². The van der Waals surface area contributed by atoms with Gasteiger partial charge in [0.15, 0.2) is 0 Å². The maximum atomic E-state index is 13.9. The van der Waals surface area contributed by atoms with E-state index in [-0.39, 0.29) is 33.8 Å². The van der Waals surface area contributed by atoms with Gasteiger partial charge in [0.2, 0.25) is 0 Å². The zero-order valence-electron chi connectivity index (χ0n) is 37.4. The fraction of sp³-hybridized carbons (Fsp3) is 0.0164. The van der Waals surface area contributed by atoms with Gasteiger partial charge in [0.1, 0.15) is 34.5 Å². The van der Waals surface area contributed by atoms with E-state index in [0.29, 0.717) is 55.9 Å². The number of fused-ring (bicyclic) bond motifs is 7. The van der Waals surface area contributed by atoms with Crippen molar-refractivity contribution in [3.05, 3.63) is 251 Å². The summed E-state index contributed by atoms with van der Waals surface area (Å²) in [5.74, 6) is 0.235. The molecule has 2 N–H and O–H groups in total. The molecule has 0 spiro atoms. The molecule has 13 rings (SSSR count). The Bertz CT molecular complexity index is 3700. The van der Waals surface area contributed by atoms with E-state index >= 15 is 0 Å². The number of amides is 4. The summed E-state index contributed by atoms with van der Waals surface area (Å²) < 4.78 is 12.8. The van der Waals surface area contributed by atoms with Crippen LogP contribution in [-0.2, 0) is 5.41 Å². The third kappa shape index (κ3) is 6.28. The summed E-state index contributed by atoms with van der Waals surface area (Å²) in [5.41, 5.74) is 7.54. The molecule has 0 fully saturated rings. The van der Waals surface area contributed by atoms with Crippen LogP contribution in [0.5, 0.6) is 34.5 Å². The molecule has 0 atom stereocenters. The summed E-state index contributed by atoms with van der Waals surface area (Å²) in [6.07, 6.45) is 0. The summed E-state index contributed by atoms with van der Waals surface area (Å²) >= 11 is 0. The molecule has 71 heavy (non-hydrogen) atoms. The Kier molecular flexibility index (Phi) is 9.11. The molecular formula is C61H36N2O8. The van der Waals surface area contributed by atoms with Crippen LogP contribution in [0, 0.1) is 0 Å². The average molecular weight is 925 g/mol. The molecule has 4 amide bonds. The Labute approximate surface area is 405 Å². The molecule has 10 heteroatoms. The predicted octanol–water partition coefficient (Wildman–Crippen LogP) is 13.0. The molecule has 10 nitrogen and oxygen atoms in total. The van der Waals surface area contributed by atoms with E-state index < -0.39 is 29.0 Å². The fourth-order valence-electron chi connectivity index (χ4n) is 10.7. The molecule has 0 bridgehead atoms. The van der Waals surface area contributed by atoms with Gasteiger partial charge in [-0.25, -0.2) is 9.80 Å². The van der Waals surface area contributed by atoms with Gasteiger partial charge in [-0.2, -0.15) is 0 Å². The van der Waals surface area contributed by atoms with E-state index in [1.54, 1.807) is 84.9 Å². The first-order chi connectivity index (χ1) is 34.6. The van der Waals surface area contributed by atoms with Gasteiger partial charge in [-0.15, -0.1) is 0 Å². The van der Waals surface area contributed by atoms with Gasteiger partial charge in [-0.05, 0) is 153 Å². The maximum absolute atomic E-state index is 13.9. The Hall–Kier alpha value is -9.80. The summed E-state index contributed by atoms with van der Waals surface area (Å²) in [6, 6.07) is 62.6. The molecule has 0 aromatic heterocycles. The number of phenolic OH excluding ortho intramolecular Hbond substituents is 2. The standard InChI is InChI=1S/C61H36N2O8/c64-39-19-27-45-35(31-39)7-5-13-55(45)62-57(66)49-29-25-43(33-51(49)59(62)68)70-41-21-15-37(16-22-41)61(53-11-3-1-9-47(53)48-10-2-4-12-54(48)61)38-17-23-42(24-18-38)71-44-26-30-50-52(34-44)60(69)63(58(50)67)56-14-6-8-36-32-40(65)20-28-46(36)56/h1-34,64-65H. The van der Waals surface area contributed by atoms with Crippen LogP contribution in [0.4, 0.5) is 11.4 Å². The Morgan fingerprint density at radius 3 is 1.17 bits per heavy atom. The Balaban J connectivity index is 0.802. The summed E-state index contributed by atoms with van der Waals surface area (Å²) in [5, 5.41) is 22.8. The normalized spacial score (nSPS) is 14.2. The highest BCUT2D eigenvalue weighted by Crippen LogP contribution is 2.56. The van der Waals surface area contributed by atoms with E-state index in [1.807, 2.05) is 60.7 Å². The highest BCUT2D eigenvalue weighted by Gasteiger charge is 2.46. The Morgan fingerprint density at radius 2 is 0.732 bits per heavy atom. The van der Waals surface area contributed by atoms with Crippen LogP contribution in [0.2, 0.25) is 0 Å². The van der Waals surface area contributed by atoms with Crippen molar-refractivity contribution in [3.63, 3.8) is 0 Å². The first-order valence-corrected chi connectivity index (χ1v) is 22.9. The number of ether oxygens (including phenoxy) is 2. The molecule has 0 radical (unpaired) electrons. The van der Waals surface area contributed by atoms with Crippen molar-refractivity contribution in [1.29, 1.82) is 0 Å². The van der Waals surface area contributed by atoms with Gasteiger partial charge >= 0.3 is 0 Å². The van der Waals surface area contributed by atoms with Gasteiger partial charge in [-0.3, -0.25) is 19.2 Å². The van der Waals surface area contributed by atoms with Gasteiger partial charge < -0.3 is 19.7 Å². The number of anilines is 2. The van der Waals surface area contributed by atoms with Crippen molar-refractivity contribution in [3.8, 4) is 45.6 Å². The van der Waals surface area contributed by atoms with Crippen molar-refractivity contribution in [1.82, 2.24) is 0 Å². The first kappa shape index (κ1) is 41.4. The van der Waals surface area contributed by atoms with E-state index in [9.17, 15) is 29.4 Å². The lowest BCUT2D eigenvalue weighted by Crippen LogP contribution is -2.29. The molecule has 1 aliphatic carbocycles. The Morgan fingerprint density at radius 1 is 0.338 bits per heavy atom. The molecule has 0 saturated heterocycles. The number of aromatic hydroxyl groups is 2. The van der Waals surface area contributed by atoms with Gasteiger partial charge in [0.05, 0.1) is 39.0 Å². The molecule has 10 aromatic rings. The van der Waals surface area contributed by atoms with E-state index in [2.05, 4.69) is 48.5 Å². The van der Waals surface area contributed by atoms with Crippen molar-refractivity contribution >= 4 is 56.5 Å². The van der Waals surface area contributed by atoms with Crippen LogP contribution in [-0.4, -0.2) is 33.8 Å². The molecule has 3 aliphatic rings. The number of carbonyl (C=O) groups is 4. The third-order valence-corrected chi connectivity index (χ3v) is 13.9. The molecule has 2 aliphatic heterocycles. The van der Waals surface area contributed by atoms with Crippen LogP contribution >= 0.6 is 0 Å².